The van der Waals surface area contributed by atoms with Gasteiger partial charge in [-0.25, -0.2) is 0 Å². The van der Waals surface area contributed by atoms with Crippen molar-refractivity contribution in [2.24, 2.45) is 0 Å². The molecule has 2 aromatic carbocycles. The van der Waals surface area contributed by atoms with Crippen LogP contribution in [0.5, 0.6) is 0 Å². The van der Waals surface area contributed by atoms with Crippen LogP contribution in [0.4, 0.5) is 0 Å². The number of hydrogen-bond donors (Lipinski definition) is 0. The Balaban J connectivity index is 1.55. The minimum atomic E-state index is -0.485. The van der Waals surface area contributed by atoms with Gasteiger partial charge in [-0.05, 0) is 30.2 Å². The van der Waals surface area contributed by atoms with E-state index in [0.717, 1.165) is 6.42 Å². The molecule has 110 valence electrons. The molecule has 0 amide bonds. The largest absolute Gasteiger partial charge is 0.372 e. The highest BCUT2D eigenvalue weighted by Gasteiger charge is 2.49. The number of benzene rings is 2. The van der Waals surface area contributed by atoms with Gasteiger partial charge in [0.2, 0.25) is 0 Å². The van der Waals surface area contributed by atoms with E-state index < -0.39 is 5.79 Å². The molecule has 3 nitrogen and oxygen atoms in total. The van der Waals surface area contributed by atoms with E-state index in [9.17, 15) is 0 Å². The monoisotopic (exact) mass is 284 g/mol. The summed E-state index contributed by atoms with van der Waals surface area (Å²) in [5.74, 6) is -0.485. The van der Waals surface area contributed by atoms with Gasteiger partial charge in [0.15, 0.2) is 5.79 Å². The van der Waals surface area contributed by atoms with Gasteiger partial charge >= 0.3 is 0 Å². The lowest BCUT2D eigenvalue weighted by molar-refractivity contribution is -0.174. The molecule has 0 N–H and O–H groups in total. The molecule has 2 aliphatic rings. The summed E-state index contributed by atoms with van der Waals surface area (Å²) in [6, 6.07) is 15.0. The topological polar surface area (TPSA) is 27.7 Å². The van der Waals surface area contributed by atoms with Crippen LogP contribution in [0.1, 0.15) is 19.4 Å². The van der Waals surface area contributed by atoms with Crippen LogP contribution in [0.3, 0.4) is 0 Å². The number of fused-ring (bicyclic) bond motifs is 2. The lowest BCUT2D eigenvalue weighted by Crippen LogP contribution is -2.31. The molecule has 21 heavy (non-hydrogen) atoms. The van der Waals surface area contributed by atoms with Gasteiger partial charge in [0.25, 0.3) is 0 Å². The fourth-order valence-corrected chi connectivity index (χ4v) is 3.39. The maximum Gasteiger partial charge on any atom is 0.164 e. The summed E-state index contributed by atoms with van der Waals surface area (Å²) in [4.78, 5) is 0. The Morgan fingerprint density at radius 1 is 1.05 bits per heavy atom. The van der Waals surface area contributed by atoms with Gasteiger partial charge in [-0.3, -0.25) is 0 Å². The fourth-order valence-electron chi connectivity index (χ4n) is 3.39. The Kier molecular flexibility index (Phi) is 3.03. The third-order valence-electron chi connectivity index (χ3n) is 4.31. The van der Waals surface area contributed by atoms with Crippen molar-refractivity contribution in [3.05, 3.63) is 48.0 Å². The summed E-state index contributed by atoms with van der Waals surface area (Å²) in [5, 5.41) is 2.54. The van der Waals surface area contributed by atoms with E-state index in [1.165, 1.54) is 16.3 Å². The Morgan fingerprint density at radius 3 is 2.71 bits per heavy atom. The Hall–Kier alpha value is -1.42. The molecule has 1 unspecified atom stereocenters. The summed E-state index contributed by atoms with van der Waals surface area (Å²) >= 11 is 0. The molecule has 0 radical (unpaired) electrons. The zero-order valence-electron chi connectivity index (χ0n) is 12.4. The molecular weight excluding hydrogens is 264 g/mol. The second-order valence-electron chi connectivity index (χ2n) is 6.40. The number of ether oxygens (including phenoxy) is 3. The molecule has 2 heterocycles. The van der Waals surface area contributed by atoms with Crippen molar-refractivity contribution in [3.63, 3.8) is 0 Å². The molecule has 0 aliphatic carbocycles. The van der Waals surface area contributed by atoms with Crippen molar-refractivity contribution in [3.8, 4) is 0 Å². The first kappa shape index (κ1) is 13.3. The molecule has 2 aliphatic heterocycles. The fraction of sp³-hybridized carbons (Fsp3) is 0.444. The summed E-state index contributed by atoms with van der Waals surface area (Å²) < 4.78 is 17.7. The van der Waals surface area contributed by atoms with E-state index >= 15 is 0 Å². The predicted octanol–water partition coefficient (Wildman–Crippen LogP) is 3.30. The first-order valence-electron chi connectivity index (χ1n) is 7.56. The van der Waals surface area contributed by atoms with Crippen molar-refractivity contribution in [1.82, 2.24) is 0 Å². The van der Waals surface area contributed by atoms with Crippen LogP contribution in [-0.2, 0) is 20.6 Å². The molecule has 4 rings (SSSR count). The highest BCUT2D eigenvalue weighted by atomic mass is 16.8. The average molecular weight is 284 g/mol. The predicted molar refractivity (Wildman–Crippen MR) is 81.2 cm³/mol. The zero-order valence-corrected chi connectivity index (χ0v) is 12.4. The molecule has 3 atom stereocenters. The van der Waals surface area contributed by atoms with Gasteiger partial charge < -0.3 is 14.2 Å². The van der Waals surface area contributed by atoms with E-state index in [1.54, 1.807) is 0 Å². The van der Waals surface area contributed by atoms with Crippen molar-refractivity contribution >= 4 is 10.8 Å². The molecule has 0 spiro atoms. The molecular formula is C18H20O3. The summed E-state index contributed by atoms with van der Waals surface area (Å²) in [6.45, 7) is 4.57. The molecule has 2 fully saturated rings. The Morgan fingerprint density at radius 2 is 1.86 bits per heavy atom. The van der Waals surface area contributed by atoms with Crippen LogP contribution < -0.4 is 0 Å². The average Bonchev–Trinajstić information content (AvgIpc) is 2.95. The van der Waals surface area contributed by atoms with E-state index in [0.29, 0.717) is 6.61 Å². The van der Waals surface area contributed by atoms with Crippen LogP contribution in [-0.4, -0.2) is 30.7 Å². The summed E-state index contributed by atoms with van der Waals surface area (Å²) in [6.07, 6.45) is 1.07. The Labute approximate surface area is 124 Å². The first-order chi connectivity index (χ1) is 10.1. The van der Waals surface area contributed by atoms with Crippen molar-refractivity contribution in [1.29, 1.82) is 0 Å². The van der Waals surface area contributed by atoms with Crippen molar-refractivity contribution in [2.75, 3.05) is 6.61 Å². The van der Waals surface area contributed by atoms with Crippen molar-refractivity contribution < 1.29 is 14.2 Å². The summed E-state index contributed by atoms with van der Waals surface area (Å²) in [5.41, 5.74) is 1.28. The van der Waals surface area contributed by atoms with E-state index in [2.05, 4.69) is 42.5 Å². The van der Waals surface area contributed by atoms with E-state index in [-0.39, 0.29) is 18.3 Å². The number of hydrogen-bond acceptors (Lipinski definition) is 3. The lowest BCUT2D eigenvalue weighted by atomic mass is 10.00. The third kappa shape index (κ3) is 2.46. The molecule has 0 bridgehead atoms. The SMILES string of the molecule is CC1(C)O[C@H]2COC(Cc3ccc4ccccc4c3)[C@H]2O1. The molecule has 0 aromatic heterocycles. The minimum Gasteiger partial charge on any atom is -0.372 e. The lowest BCUT2D eigenvalue weighted by Gasteiger charge is -2.21. The quantitative estimate of drug-likeness (QED) is 0.847. The zero-order chi connectivity index (χ0) is 14.4. The Bertz CT molecular complexity index is 664. The van der Waals surface area contributed by atoms with E-state index in [4.69, 9.17) is 14.2 Å². The van der Waals surface area contributed by atoms with E-state index in [1.807, 2.05) is 13.8 Å². The van der Waals surface area contributed by atoms with Gasteiger partial charge in [-0.1, -0.05) is 42.5 Å². The van der Waals surface area contributed by atoms with Gasteiger partial charge in [0.05, 0.1) is 12.7 Å². The second-order valence-corrected chi connectivity index (χ2v) is 6.40. The van der Waals surface area contributed by atoms with Gasteiger partial charge in [0, 0.05) is 6.42 Å². The van der Waals surface area contributed by atoms with Crippen LogP contribution in [0, 0.1) is 0 Å². The molecule has 2 saturated heterocycles. The van der Waals surface area contributed by atoms with Gasteiger partial charge in [0.1, 0.15) is 12.2 Å². The van der Waals surface area contributed by atoms with Crippen LogP contribution in [0.25, 0.3) is 10.8 Å². The van der Waals surface area contributed by atoms with Crippen LogP contribution >= 0.6 is 0 Å². The highest BCUT2D eigenvalue weighted by molar-refractivity contribution is 5.82. The molecule has 3 heteroatoms. The van der Waals surface area contributed by atoms with Crippen molar-refractivity contribution in [2.45, 2.75) is 44.4 Å². The third-order valence-corrected chi connectivity index (χ3v) is 4.31. The molecule has 0 saturated carbocycles. The summed E-state index contributed by atoms with van der Waals surface area (Å²) in [7, 11) is 0. The number of rotatable bonds is 2. The van der Waals surface area contributed by atoms with Crippen LogP contribution in [0.15, 0.2) is 42.5 Å². The highest BCUT2D eigenvalue weighted by Crippen LogP contribution is 2.36. The van der Waals surface area contributed by atoms with Gasteiger partial charge in [-0.2, -0.15) is 0 Å². The normalized spacial score (nSPS) is 30.7. The first-order valence-corrected chi connectivity index (χ1v) is 7.56. The van der Waals surface area contributed by atoms with Gasteiger partial charge in [-0.15, -0.1) is 0 Å². The minimum absolute atomic E-state index is 0.0477. The standard InChI is InChI=1S/C18H20O3/c1-18(2)20-16-11-19-15(17(16)21-18)10-12-7-8-13-5-3-4-6-14(13)9-12/h3-9,15-17H,10-11H2,1-2H3/t15?,16-,17+/m0/s1. The smallest absolute Gasteiger partial charge is 0.164 e. The maximum absolute atomic E-state index is 6.00. The second kappa shape index (κ2) is 4.80. The molecule has 2 aromatic rings. The van der Waals surface area contributed by atoms with Crippen LogP contribution in [0.2, 0.25) is 0 Å². The maximum atomic E-state index is 6.00.